The van der Waals surface area contributed by atoms with E-state index >= 15 is 0 Å². The van der Waals surface area contributed by atoms with Gasteiger partial charge in [0.15, 0.2) is 6.10 Å². The van der Waals surface area contributed by atoms with Crippen molar-refractivity contribution in [1.82, 2.24) is 15.5 Å². The van der Waals surface area contributed by atoms with E-state index in [0.717, 1.165) is 39.0 Å². The third-order valence-electron chi connectivity index (χ3n) is 7.12. The zero-order valence-corrected chi connectivity index (χ0v) is 20.9. The summed E-state index contributed by atoms with van der Waals surface area (Å²) in [6.45, 7) is 6.17. The first-order chi connectivity index (χ1) is 16.1. The van der Waals surface area contributed by atoms with E-state index in [0.29, 0.717) is 6.42 Å². The standard InChI is InChI=1S/C24H38F2N4O5/c1-22(2,3)18(29-21(34)35)20(33)30-14-24(9-6-5-7-10-24)12-16(30)19(32)28-15(17(31)13-27)8-11-23(4,25)26/h15-18,29,31H,5-12,14H2,1-4H3,(H,28,32)(H,34,35)/t15?,16-,17?,18?/m0/s1. The molecule has 3 unspecified atom stereocenters. The smallest absolute Gasteiger partial charge is 0.405 e. The van der Waals surface area contributed by atoms with E-state index in [1.807, 2.05) is 0 Å². The molecule has 1 aliphatic heterocycles. The highest BCUT2D eigenvalue weighted by molar-refractivity contribution is 5.92. The molecule has 3 amide bonds. The summed E-state index contributed by atoms with van der Waals surface area (Å²) >= 11 is 0. The Kier molecular flexibility index (Phi) is 9.09. The molecule has 0 aromatic heterocycles. The van der Waals surface area contributed by atoms with E-state index in [-0.39, 0.29) is 18.4 Å². The van der Waals surface area contributed by atoms with Gasteiger partial charge in [0.2, 0.25) is 17.7 Å². The molecule has 2 aliphatic rings. The predicted octanol–water partition coefficient (Wildman–Crippen LogP) is 3.02. The molecule has 0 radical (unpaired) electrons. The Bertz CT molecular complexity index is 827. The van der Waals surface area contributed by atoms with Crippen LogP contribution in [0.5, 0.6) is 0 Å². The molecule has 198 valence electrons. The third-order valence-corrected chi connectivity index (χ3v) is 7.12. The van der Waals surface area contributed by atoms with E-state index in [1.54, 1.807) is 26.8 Å². The van der Waals surface area contributed by atoms with Crippen LogP contribution in [-0.4, -0.2) is 69.7 Å². The summed E-state index contributed by atoms with van der Waals surface area (Å²) in [6, 6.07) is -1.71. The highest BCUT2D eigenvalue weighted by atomic mass is 19.3. The Morgan fingerprint density at radius 3 is 2.23 bits per heavy atom. The van der Waals surface area contributed by atoms with E-state index in [2.05, 4.69) is 10.6 Å². The molecule has 2 fully saturated rings. The van der Waals surface area contributed by atoms with E-state index in [1.165, 1.54) is 4.90 Å². The van der Waals surface area contributed by atoms with Gasteiger partial charge in [0.25, 0.3) is 0 Å². The second-order valence-electron chi connectivity index (χ2n) is 11.3. The van der Waals surface area contributed by atoms with Crippen LogP contribution in [0.1, 0.15) is 79.1 Å². The summed E-state index contributed by atoms with van der Waals surface area (Å²) in [6.07, 6.45) is 0.951. The van der Waals surface area contributed by atoms with Gasteiger partial charge in [0.05, 0.1) is 12.1 Å². The second-order valence-corrected chi connectivity index (χ2v) is 11.3. The van der Waals surface area contributed by atoms with Crippen molar-refractivity contribution in [3.8, 4) is 6.07 Å². The molecule has 0 aromatic carbocycles. The number of alkyl halides is 2. The lowest BCUT2D eigenvalue weighted by Gasteiger charge is -2.36. The molecule has 9 nitrogen and oxygen atoms in total. The number of halogens is 2. The first-order valence-corrected chi connectivity index (χ1v) is 12.1. The Morgan fingerprint density at radius 2 is 1.74 bits per heavy atom. The van der Waals surface area contributed by atoms with Crippen molar-refractivity contribution in [2.75, 3.05) is 6.54 Å². The maximum atomic E-state index is 13.6. The zero-order chi connectivity index (χ0) is 26.6. The van der Waals surface area contributed by atoms with E-state index < -0.39 is 59.9 Å². The number of nitrogens with zero attached hydrogens (tertiary/aromatic N) is 2. The first-order valence-electron chi connectivity index (χ1n) is 12.1. The summed E-state index contributed by atoms with van der Waals surface area (Å²) < 4.78 is 26.8. The molecular weight excluding hydrogens is 462 g/mol. The van der Waals surface area contributed by atoms with Gasteiger partial charge in [-0.05, 0) is 43.4 Å². The van der Waals surface area contributed by atoms with Gasteiger partial charge >= 0.3 is 6.09 Å². The second kappa shape index (κ2) is 11.1. The molecule has 0 aromatic rings. The number of aliphatic hydroxyl groups is 1. The quantitative estimate of drug-likeness (QED) is 0.377. The molecule has 1 saturated carbocycles. The normalized spacial score (nSPS) is 22.7. The van der Waals surface area contributed by atoms with Crippen LogP contribution >= 0.6 is 0 Å². The van der Waals surface area contributed by atoms with Gasteiger partial charge in [-0.25, -0.2) is 13.6 Å². The Hall–Kier alpha value is -2.48. The van der Waals surface area contributed by atoms with Crippen LogP contribution in [0.25, 0.3) is 0 Å². The monoisotopic (exact) mass is 500 g/mol. The number of hydrogen-bond donors (Lipinski definition) is 4. The lowest BCUT2D eigenvalue weighted by Crippen LogP contribution is -2.58. The number of aliphatic hydroxyl groups excluding tert-OH is 1. The maximum absolute atomic E-state index is 13.6. The van der Waals surface area contributed by atoms with Crippen molar-refractivity contribution < 1.29 is 33.4 Å². The molecule has 4 N–H and O–H groups in total. The molecule has 1 saturated heterocycles. The molecule has 35 heavy (non-hydrogen) atoms. The maximum Gasteiger partial charge on any atom is 0.405 e. The van der Waals surface area contributed by atoms with Gasteiger partial charge in [0, 0.05) is 13.0 Å². The fourth-order valence-electron chi connectivity index (χ4n) is 5.21. The van der Waals surface area contributed by atoms with Crippen molar-refractivity contribution in [3.63, 3.8) is 0 Å². The van der Waals surface area contributed by atoms with Gasteiger partial charge in [-0.2, -0.15) is 5.26 Å². The van der Waals surface area contributed by atoms with Crippen molar-refractivity contribution in [2.45, 2.75) is 109 Å². The zero-order valence-electron chi connectivity index (χ0n) is 20.9. The number of likely N-dealkylation sites (tertiary alicyclic amines) is 1. The molecule has 4 atom stereocenters. The van der Waals surface area contributed by atoms with E-state index in [9.17, 15) is 33.4 Å². The predicted molar refractivity (Wildman–Crippen MR) is 123 cm³/mol. The number of carbonyl (C=O) groups excluding carboxylic acids is 2. The fourth-order valence-corrected chi connectivity index (χ4v) is 5.21. The number of amides is 3. The number of hydrogen-bond acceptors (Lipinski definition) is 5. The average molecular weight is 501 g/mol. The molecular formula is C24H38F2N4O5. The van der Waals surface area contributed by atoms with Gasteiger partial charge < -0.3 is 25.7 Å². The largest absolute Gasteiger partial charge is 0.465 e. The molecule has 11 heteroatoms. The van der Waals surface area contributed by atoms with Crippen LogP contribution in [-0.2, 0) is 9.59 Å². The number of carboxylic acid groups (broad SMARTS) is 1. The van der Waals surface area contributed by atoms with Crippen LogP contribution in [0, 0.1) is 22.2 Å². The average Bonchev–Trinajstić information content (AvgIpc) is 3.11. The van der Waals surface area contributed by atoms with Crippen LogP contribution < -0.4 is 10.6 Å². The summed E-state index contributed by atoms with van der Waals surface area (Å²) in [5.74, 6) is -4.20. The van der Waals surface area contributed by atoms with Crippen LogP contribution in [0.2, 0.25) is 0 Å². The van der Waals surface area contributed by atoms with E-state index in [4.69, 9.17) is 5.26 Å². The highest BCUT2D eigenvalue weighted by Gasteiger charge is 2.51. The van der Waals surface area contributed by atoms with Crippen molar-refractivity contribution in [2.24, 2.45) is 10.8 Å². The van der Waals surface area contributed by atoms with Gasteiger partial charge in [-0.3, -0.25) is 9.59 Å². The Labute approximate surface area is 205 Å². The summed E-state index contributed by atoms with van der Waals surface area (Å²) in [5, 5.41) is 33.3. The summed E-state index contributed by atoms with van der Waals surface area (Å²) in [7, 11) is 0. The van der Waals surface area contributed by atoms with Gasteiger partial charge in [0.1, 0.15) is 12.1 Å². The number of nitrogens with one attached hydrogen (secondary N) is 2. The SMILES string of the molecule is CC(F)(F)CCC(NC(=O)[C@@H]1CC2(CCCCC2)CN1C(=O)C(NC(=O)O)C(C)(C)C)C(O)C#N. The van der Waals surface area contributed by atoms with Crippen molar-refractivity contribution in [3.05, 3.63) is 0 Å². The number of rotatable bonds is 8. The minimum absolute atomic E-state index is 0.288. The molecule has 1 spiro atoms. The Balaban J connectivity index is 2.33. The molecule has 1 heterocycles. The molecule has 0 bridgehead atoms. The van der Waals surface area contributed by atoms with Crippen LogP contribution in [0.4, 0.5) is 13.6 Å². The molecule has 2 rings (SSSR count). The van der Waals surface area contributed by atoms with Gasteiger partial charge in [-0.1, -0.05) is 40.0 Å². The summed E-state index contributed by atoms with van der Waals surface area (Å²) in [4.78, 5) is 39.8. The molecule has 1 aliphatic carbocycles. The highest BCUT2D eigenvalue weighted by Crippen LogP contribution is 2.47. The van der Waals surface area contributed by atoms with Crippen LogP contribution in [0.3, 0.4) is 0 Å². The lowest BCUT2D eigenvalue weighted by molar-refractivity contribution is -0.142. The third kappa shape index (κ3) is 7.75. The first kappa shape index (κ1) is 28.8. The lowest BCUT2D eigenvalue weighted by atomic mass is 9.72. The number of nitriles is 1. The van der Waals surface area contributed by atoms with Crippen molar-refractivity contribution >= 4 is 17.9 Å². The topological polar surface area (TPSA) is 143 Å². The minimum Gasteiger partial charge on any atom is -0.465 e. The fraction of sp³-hybridized carbons (Fsp3) is 0.833. The van der Waals surface area contributed by atoms with Gasteiger partial charge in [-0.15, -0.1) is 0 Å². The Morgan fingerprint density at radius 1 is 1.14 bits per heavy atom. The van der Waals surface area contributed by atoms with Crippen molar-refractivity contribution in [1.29, 1.82) is 5.26 Å². The minimum atomic E-state index is -3.04. The number of carbonyl (C=O) groups is 3. The summed E-state index contributed by atoms with van der Waals surface area (Å²) in [5.41, 5.74) is -1.06. The van der Waals surface area contributed by atoms with Crippen LogP contribution in [0.15, 0.2) is 0 Å².